The lowest BCUT2D eigenvalue weighted by molar-refractivity contribution is 0.102. The molecular weight excluding hydrogens is 464 g/mol. The maximum Gasteiger partial charge on any atom is 0.275 e. The van der Waals surface area contributed by atoms with Crippen LogP contribution < -0.4 is 11.1 Å². The van der Waals surface area contributed by atoms with Gasteiger partial charge in [-0.1, -0.05) is 0 Å². The van der Waals surface area contributed by atoms with Crippen molar-refractivity contribution in [2.45, 2.75) is 37.0 Å². The number of nitrogens with two attached hydrogens (primary N) is 1. The van der Waals surface area contributed by atoms with Crippen molar-refractivity contribution in [1.82, 2.24) is 9.97 Å². The molecule has 1 amide bonds. The van der Waals surface area contributed by atoms with E-state index >= 15 is 0 Å². The van der Waals surface area contributed by atoms with E-state index in [1.54, 1.807) is 13.8 Å². The average molecular weight is 488 g/mol. The molecule has 0 aliphatic carbocycles. The SMILES string of the molecule is Cc1cc(C#N)cnc1C(=O)Nc1ccc(F)c([C@]2(CF)C[S@]3(=O)=NCCC[C@]3(C)C(N)=N2)n1. The maximum absolute atomic E-state index is 14.9. The van der Waals surface area contributed by atoms with Crippen molar-refractivity contribution >= 4 is 27.3 Å². The third-order valence-electron chi connectivity index (χ3n) is 6.30. The molecule has 178 valence electrons. The largest absolute Gasteiger partial charge is 0.386 e. The molecule has 2 aromatic rings. The Bertz CT molecular complexity index is 1380. The van der Waals surface area contributed by atoms with Gasteiger partial charge in [0, 0.05) is 12.7 Å². The van der Waals surface area contributed by atoms with E-state index in [9.17, 15) is 17.8 Å². The summed E-state index contributed by atoms with van der Waals surface area (Å²) in [6.45, 7) is 2.44. The molecule has 34 heavy (non-hydrogen) atoms. The average Bonchev–Trinajstić information content (AvgIpc) is 2.81. The van der Waals surface area contributed by atoms with E-state index in [1.165, 1.54) is 18.3 Å². The predicted octanol–water partition coefficient (Wildman–Crippen LogP) is 2.60. The van der Waals surface area contributed by atoms with E-state index in [2.05, 4.69) is 24.6 Å². The van der Waals surface area contributed by atoms with Crippen LogP contribution in [-0.2, 0) is 15.3 Å². The van der Waals surface area contributed by atoms with Gasteiger partial charge in [-0.2, -0.15) is 5.26 Å². The van der Waals surface area contributed by atoms with Crippen LogP contribution in [-0.4, -0.2) is 49.6 Å². The third-order valence-corrected chi connectivity index (χ3v) is 9.59. The maximum atomic E-state index is 14.9. The van der Waals surface area contributed by atoms with E-state index < -0.39 is 44.1 Å². The van der Waals surface area contributed by atoms with Gasteiger partial charge in [0.1, 0.15) is 51.9 Å². The Morgan fingerprint density at radius 1 is 1.41 bits per heavy atom. The summed E-state index contributed by atoms with van der Waals surface area (Å²) in [7, 11) is -3.06. The van der Waals surface area contributed by atoms with Crippen LogP contribution in [0.1, 0.15) is 47.1 Å². The van der Waals surface area contributed by atoms with Crippen molar-refractivity contribution in [1.29, 1.82) is 5.26 Å². The second-order valence-corrected chi connectivity index (χ2v) is 11.3. The van der Waals surface area contributed by atoms with E-state index in [0.29, 0.717) is 30.5 Å². The molecule has 2 aliphatic heterocycles. The van der Waals surface area contributed by atoms with Gasteiger partial charge in [-0.3, -0.25) is 9.79 Å². The molecule has 0 saturated heterocycles. The minimum absolute atomic E-state index is 0.0436. The fraction of sp³-hybridized carbons (Fsp3) is 0.409. The van der Waals surface area contributed by atoms with Crippen LogP contribution in [0.4, 0.5) is 14.6 Å². The molecule has 0 unspecified atom stereocenters. The molecule has 0 fully saturated rings. The minimum atomic E-state index is -3.06. The van der Waals surface area contributed by atoms with Crippen LogP contribution >= 0.6 is 0 Å². The van der Waals surface area contributed by atoms with Gasteiger partial charge in [0.2, 0.25) is 0 Å². The van der Waals surface area contributed by atoms with Gasteiger partial charge < -0.3 is 11.1 Å². The second kappa shape index (κ2) is 8.39. The Morgan fingerprint density at radius 3 is 2.85 bits per heavy atom. The number of alkyl halides is 1. The Labute approximate surface area is 195 Å². The summed E-state index contributed by atoms with van der Waals surface area (Å²) in [6.07, 6.45) is 2.41. The molecule has 0 saturated carbocycles. The molecule has 0 spiro atoms. The lowest BCUT2D eigenvalue weighted by Crippen LogP contribution is -2.59. The summed E-state index contributed by atoms with van der Waals surface area (Å²) in [5.74, 6) is -2.00. The molecular formula is C22H23F2N7O2S. The Balaban J connectivity index is 1.74. The van der Waals surface area contributed by atoms with Gasteiger partial charge in [0.05, 0.1) is 21.0 Å². The monoisotopic (exact) mass is 487 g/mol. The topological polar surface area (TPSA) is 146 Å². The molecule has 2 aromatic heterocycles. The fourth-order valence-electron chi connectivity index (χ4n) is 4.27. The van der Waals surface area contributed by atoms with E-state index in [-0.39, 0.29) is 23.1 Å². The number of halogens is 2. The molecule has 2 aliphatic rings. The van der Waals surface area contributed by atoms with Gasteiger partial charge in [-0.25, -0.2) is 27.3 Å². The number of anilines is 1. The van der Waals surface area contributed by atoms with Crippen LogP contribution in [0.3, 0.4) is 0 Å². The highest BCUT2D eigenvalue weighted by molar-refractivity contribution is 7.95. The van der Waals surface area contributed by atoms with Crippen molar-refractivity contribution in [3.05, 3.63) is 52.7 Å². The first kappa shape index (κ1) is 23.7. The third kappa shape index (κ3) is 3.69. The number of carbonyl (C=O) groups is 1. The van der Waals surface area contributed by atoms with Crippen LogP contribution in [0, 0.1) is 24.1 Å². The molecule has 9 nitrogen and oxygen atoms in total. The number of aliphatic imine (C=N–C) groups is 1. The molecule has 3 atom stereocenters. The number of fused-ring (bicyclic) bond motifs is 1. The number of carbonyl (C=O) groups excluding carboxylic acids is 1. The number of nitrogens with zero attached hydrogens (tertiary/aromatic N) is 5. The highest BCUT2D eigenvalue weighted by Gasteiger charge is 2.54. The second-order valence-electron chi connectivity index (χ2n) is 8.62. The standard InChI is InChI=1S/C22H23F2N7O2S/c1-13-8-14(9-25)10-27-17(13)19(32)30-16-5-4-15(24)18(29-16)22(11-23)12-34(33)21(2,20(26)31-22)6-3-7-28-34/h4-5,8,10H,3,6-7,11-12H2,1-2H3,(H2,26,31)(H,29,30,32)/t21-,22+,34-/m1/s1. The zero-order valence-electron chi connectivity index (χ0n) is 18.6. The number of pyridine rings is 2. The van der Waals surface area contributed by atoms with Crippen molar-refractivity contribution < 1.29 is 17.8 Å². The first-order valence-electron chi connectivity index (χ1n) is 10.5. The zero-order chi connectivity index (χ0) is 24.7. The number of amides is 1. The molecule has 0 aromatic carbocycles. The highest BCUT2D eigenvalue weighted by Crippen LogP contribution is 2.42. The molecule has 4 heterocycles. The normalized spacial score (nSPS) is 28.1. The minimum Gasteiger partial charge on any atom is -0.386 e. The van der Waals surface area contributed by atoms with E-state index in [0.717, 1.165) is 6.07 Å². The van der Waals surface area contributed by atoms with Crippen LogP contribution in [0.5, 0.6) is 0 Å². The number of rotatable bonds is 4. The smallest absolute Gasteiger partial charge is 0.275 e. The van der Waals surface area contributed by atoms with Gasteiger partial charge >= 0.3 is 0 Å². The highest BCUT2D eigenvalue weighted by atomic mass is 32.2. The quantitative estimate of drug-likeness (QED) is 0.678. The number of amidine groups is 1. The lowest BCUT2D eigenvalue weighted by atomic mass is 9.95. The van der Waals surface area contributed by atoms with Crippen molar-refractivity contribution in [2.24, 2.45) is 15.1 Å². The van der Waals surface area contributed by atoms with Crippen LogP contribution in [0.25, 0.3) is 0 Å². The molecule has 3 N–H and O–H groups in total. The number of nitriles is 1. The van der Waals surface area contributed by atoms with Gasteiger partial charge in [-0.05, 0) is 50.5 Å². The van der Waals surface area contributed by atoms with Crippen molar-refractivity contribution in [3.8, 4) is 6.07 Å². The summed E-state index contributed by atoms with van der Waals surface area (Å²) in [5.41, 5.74) is 4.63. The molecule has 4 rings (SSSR count). The van der Waals surface area contributed by atoms with Crippen LogP contribution in [0.15, 0.2) is 33.8 Å². The zero-order valence-corrected chi connectivity index (χ0v) is 19.5. The van der Waals surface area contributed by atoms with Crippen molar-refractivity contribution in [3.63, 3.8) is 0 Å². The first-order valence-corrected chi connectivity index (χ1v) is 12.2. The molecule has 0 bridgehead atoms. The summed E-state index contributed by atoms with van der Waals surface area (Å²) in [5, 5.41) is 11.5. The number of aromatic nitrogens is 2. The van der Waals surface area contributed by atoms with E-state index in [4.69, 9.17) is 11.0 Å². The molecule has 0 radical (unpaired) electrons. The fourth-order valence-corrected chi connectivity index (χ4v) is 7.15. The Morgan fingerprint density at radius 2 is 2.18 bits per heavy atom. The number of aryl methyl sites for hydroxylation is 1. The lowest BCUT2D eigenvalue weighted by Gasteiger charge is -2.44. The summed E-state index contributed by atoms with van der Waals surface area (Å²) < 4.78 is 46.5. The predicted molar refractivity (Wildman–Crippen MR) is 123 cm³/mol. The summed E-state index contributed by atoms with van der Waals surface area (Å²) in [6, 6.07) is 5.68. The Hall–Kier alpha value is -3.46. The summed E-state index contributed by atoms with van der Waals surface area (Å²) in [4.78, 5) is 25.1. The van der Waals surface area contributed by atoms with Gasteiger partial charge in [0.25, 0.3) is 5.91 Å². The molecule has 12 heteroatoms. The Kier molecular flexibility index (Phi) is 5.85. The van der Waals surface area contributed by atoms with Crippen molar-refractivity contribution in [2.75, 3.05) is 24.3 Å². The van der Waals surface area contributed by atoms with Gasteiger partial charge in [0.15, 0.2) is 0 Å². The first-order chi connectivity index (χ1) is 16.1. The number of nitrogens with one attached hydrogen (secondary N) is 1. The van der Waals surface area contributed by atoms with Crippen LogP contribution in [0.2, 0.25) is 0 Å². The van der Waals surface area contributed by atoms with Gasteiger partial charge in [-0.15, -0.1) is 0 Å². The summed E-state index contributed by atoms with van der Waals surface area (Å²) >= 11 is 0. The number of hydrogen-bond donors (Lipinski definition) is 2. The number of hydrogen-bond acceptors (Lipinski definition) is 8. The van der Waals surface area contributed by atoms with E-state index in [1.807, 2.05) is 6.07 Å².